The van der Waals surface area contributed by atoms with Gasteiger partial charge in [-0.3, -0.25) is 0 Å². The molecular formula is C42H66O13. The van der Waals surface area contributed by atoms with Gasteiger partial charge in [0.25, 0.3) is 0 Å². The number of ether oxygens (including phenoxy) is 7. The van der Waals surface area contributed by atoms with Crippen molar-refractivity contribution in [3.63, 3.8) is 0 Å². The number of aliphatic hydroxyl groups excluding tert-OH is 4. The standard InChI is InChI=1S/C42H66O13/c1-22-36(47)29(43)17-34(50-22)54-38-24(3)52-35(19-31(38)45)55-37-23(2)51-33(18-30(37)44)53-27-8-11-39(4)26(16-27)7-6-10-41(39)14-13-40(5)28(9-12-42(40,48)21-41)25-15-32(46)49-20-25/h15,22-24,26-31,33-38,43-45,47-48H,6-14,16-21H2,1-5H3/t22-,23+,24+,26+,27+,28-,29-,30+,31+,33-,34+,35-,36+,37-,38-,39+,40+,41+,42-/m0/s1. The van der Waals surface area contributed by atoms with E-state index in [1.807, 2.05) is 6.92 Å². The predicted molar refractivity (Wildman–Crippen MR) is 196 cm³/mol. The van der Waals surface area contributed by atoms with Crippen molar-refractivity contribution in [1.82, 2.24) is 0 Å². The molecule has 0 unspecified atom stereocenters. The zero-order chi connectivity index (χ0) is 39.1. The lowest BCUT2D eigenvalue weighted by Crippen LogP contribution is -2.61. The zero-order valence-corrected chi connectivity index (χ0v) is 33.3. The van der Waals surface area contributed by atoms with Crippen molar-refractivity contribution in [2.24, 2.45) is 28.1 Å². The van der Waals surface area contributed by atoms with Crippen LogP contribution in [0.5, 0.6) is 0 Å². The van der Waals surface area contributed by atoms with Crippen LogP contribution in [0.15, 0.2) is 11.6 Å². The normalized spacial score (nSPS) is 54.4. The zero-order valence-electron chi connectivity index (χ0n) is 33.3. The number of carbonyl (C=O) groups excluding carboxylic acids is 1. The quantitative estimate of drug-likeness (QED) is 0.186. The molecule has 0 bridgehead atoms. The van der Waals surface area contributed by atoms with Crippen molar-refractivity contribution in [2.75, 3.05) is 6.61 Å². The molecule has 0 radical (unpaired) electrons. The third-order valence-electron chi connectivity index (χ3n) is 16.3. The summed E-state index contributed by atoms with van der Waals surface area (Å²) in [5.41, 5.74) is 0.227. The Balaban J connectivity index is 0.838. The summed E-state index contributed by atoms with van der Waals surface area (Å²) in [6, 6.07) is 0. The van der Waals surface area contributed by atoms with Crippen molar-refractivity contribution in [3.8, 4) is 0 Å². The van der Waals surface area contributed by atoms with E-state index in [2.05, 4.69) is 13.8 Å². The Bertz CT molecular complexity index is 1410. The van der Waals surface area contributed by atoms with Gasteiger partial charge in [0.05, 0.1) is 48.3 Å². The minimum Gasteiger partial charge on any atom is -0.458 e. The van der Waals surface area contributed by atoms with Gasteiger partial charge in [-0.15, -0.1) is 0 Å². The van der Waals surface area contributed by atoms with Gasteiger partial charge in [-0.05, 0) is 113 Å². The number of rotatable bonds is 7. The largest absolute Gasteiger partial charge is 0.458 e. The first-order valence-electron chi connectivity index (χ1n) is 21.3. The monoisotopic (exact) mass is 778 g/mol. The Kier molecular flexibility index (Phi) is 11.1. The molecule has 0 aromatic rings. The van der Waals surface area contributed by atoms with Crippen LogP contribution in [0.2, 0.25) is 0 Å². The van der Waals surface area contributed by atoms with Gasteiger partial charge < -0.3 is 58.7 Å². The van der Waals surface area contributed by atoms with E-state index in [1.54, 1.807) is 19.9 Å². The minimum atomic E-state index is -0.996. The van der Waals surface area contributed by atoms with Gasteiger partial charge in [-0.1, -0.05) is 20.3 Å². The van der Waals surface area contributed by atoms with Crippen molar-refractivity contribution in [3.05, 3.63) is 11.6 Å². The molecule has 7 fully saturated rings. The average Bonchev–Trinajstić information content (AvgIpc) is 3.66. The predicted octanol–water partition coefficient (Wildman–Crippen LogP) is 3.78. The van der Waals surface area contributed by atoms with Crippen LogP contribution in [0.1, 0.15) is 125 Å². The van der Waals surface area contributed by atoms with E-state index in [-0.39, 0.29) is 53.5 Å². The summed E-state index contributed by atoms with van der Waals surface area (Å²) in [6.45, 7) is 10.4. The van der Waals surface area contributed by atoms with E-state index in [4.69, 9.17) is 33.2 Å². The summed E-state index contributed by atoms with van der Waals surface area (Å²) in [4.78, 5) is 11.9. The summed E-state index contributed by atoms with van der Waals surface area (Å²) in [5.74, 6) is 0.411. The molecule has 4 saturated carbocycles. The second-order valence-corrected chi connectivity index (χ2v) is 19.3. The SMILES string of the molecule is C[C@@H]1O[C@H](O[C@@H]2[C@H](O)C[C@H](O[C@@H]3[C@H](O)C[C@H](O[C@@H]4CC[C@]5(C)[C@H](CCC[C@]56CC[C@]5(C)[C@H](C7=CC(=O)OC7)CC[C@]5(O)C6)C4)O[C@@H]3C)O[C@@H]2C)C[C@H](O)[C@@H]1O. The molecule has 4 aliphatic carbocycles. The first-order valence-corrected chi connectivity index (χ1v) is 21.3. The fourth-order valence-corrected chi connectivity index (χ4v) is 12.9. The first-order chi connectivity index (χ1) is 26.0. The van der Waals surface area contributed by atoms with Crippen LogP contribution in [0.3, 0.4) is 0 Å². The Morgan fingerprint density at radius 1 is 0.691 bits per heavy atom. The number of hydrogen-bond acceptors (Lipinski definition) is 13. The Labute approximate surface area is 325 Å². The molecular weight excluding hydrogens is 712 g/mol. The number of fused-ring (bicyclic) bond motifs is 3. The molecule has 55 heavy (non-hydrogen) atoms. The molecule has 312 valence electrons. The van der Waals surface area contributed by atoms with Gasteiger partial charge in [0, 0.05) is 30.8 Å². The fourth-order valence-electron chi connectivity index (χ4n) is 12.9. The van der Waals surface area contributed by atoms with Gasteiger partial charge in [-0.2, -0.15) is 0 Å². The number of aliphatic hydroxyl groups is 5. The van der Waals surface area contributed by atoms with Gasteiger partial charge in [0.2, 0.25) is 0 Å². The molecule has 4 aliphatic heterocycles. The molecule has 19 atom stereocenters. The Morgan fingerprint density at radius 3 is 1.91 bits per heavy atom. The fraction of sp³-hybridized carbons (Fsp3) is 0.929. The van der Waals surface area contributed by atoms with Crippen LogP contribution in [-0.2, 0) is 38.0 Å². The van der Waals surface area contributed by atoms with Crippen LogP contribution < -0.4 is 0 Å². The number of hydrogen-bond donors (Lipinski definition) is 5. The molecule has 0 aromatic heterocycles. The molecule has 13 heteroatoms. The molecule has 1 spiro atoms. The van der Waals surface area contributed by atoms with Crippen molar-refractivity contribution in [1.29, 1.82) is 0 Å². The summed E-state index contributed by atoms with van der Waals surface area (Å²) in [7, 11) is 0. The van der Waals surface area contributed by atoms with Crippen LogP contribution in [0, 0.1) is 28.1 Å². The van der Waals surface area contributed by atoms with Gasteiger partial charge in [0.1, 0.15) is 24.9 Å². The van der Waals surface area contributed by atoms with Crippen LogP contribution >= 0.6 is 0 Å². The van der Waals surface area contributed by atoms with E-state index < -0.39 is 79.4 Å². The summed E-state index contributed by atoms with van der Waals surface area (Å²) >= 11 is 0. The second kappa shape index (κ2) is 15.1. The third-order valence-corrected chi connectivity index (χ3v) is 16.3. The Morgan fingerprint density at radius 2 is 1.31 bits per heavy atom. The van der Waals surface area contributed by atoms with Gasteiger partial charge in [0.15, 0.2) is 18.9 Å². The second-order valence-electron chi connectivity index (χ2n) is 19.3. The highest BCUT2D eigenvalue weighted by Gasteiger charge is 2.67. The maximum absolute atomic E-state index is 12.5. The highest BCUT2D eigenvalue weighted by molar-refractivity contribution is 5.85. The Hall–Kier alpha value is -1.23. The maximum Gasteiger partial charge on any atom is 0.331 e. The lowest BCUT2D eigenvalue weighted by Gasteiger charge is -2.65. The van der Waals surface area contributed by atoms with Crippen molar-refractivity contribution >= 4 is 5.97 Å². The van der Waals surface area contributed by atoms with E-state index >= 15 is 0 Å². The molecule has 5 N–H and O–H groups in total. The molecule has 8 rings (SSSR count). The lowest BCUT2D eigenvalue weighted by molar-refractivity contribution is -0.336. The maximum atomic E-state index is 12.5. The molecule has 3 saturated heterocycles. The first kappa shape index (κ1) is 40.5. The average molecular weight is 779 g/mol. The number of cyclic esters (lactones) is 1. The molecule has 13 nitrogen and oxygen atoms in total. The molecule has 0 amide bonds. The van der Waals surface area contributed by atoms with E-state index in [9.17, 15) is 30.3 Å². The van der Waals surface area contributed by atoms with Crippen molar-refractivity contribution in [2.45, 2.75) is 210 Å². The van der Waals surface area contributed by atoms with Crippen LogP contribution in [0.4, 0.5) is 0 Å². The van der Waals surface area contributed by atoms with E-state index in [0.717, 1.165) is 76.2 Å². The summed E-state index contributed by atoms with van der Waals surface area (Å²) < 4.78 is 42.3. The van der Waals surface area contributed by atoms with Crippen molar-refractivity contribution < 1.29 is 63.5 Å². The highest BCUT2D eigenvalue weighted by Crippen LogP contribution is 2.72. The molecule has 8 aliphatic rings. The number of carbonyl (C=O) groups is 1. The topological polar surface area (TPSA) is 183 Å². The smallest absolute Gasteiger partial charge is 0.331 e. The van der Waals surface area contributed by atoms with Crippen LogP contribution in [-0.4, -0.2) is 124 Å². The van der Waals surface area contributed by atoms with Gasteiger partial charge >= 0.3 is 5.97 Å². The number of esters is 1. The summed E-state index contributed by atoms with van der Waals surface area (Å²) in [6.07, 6.45) is 4.06. The summed E-state index contributed by atoms with van der Waals surface area (Å²) in [5, 5.41) is 55.0. The third kappa shape index (κ3) is 7.17. The highest BCUT2D eigenvalue weighted by atomic mass is 16.7. The van der Waals surface area contributed by atoms with Gasteiger partial charge in [-0.25, -0.2) is 4.79 Å². The lowest BCUT2D eigenvalue weighted by atomic mass is 9.40. The molecule has 0 aromatic carbocycles. The van der Waals surface area contributed by atoms with E-state index in [1.165, 1.54) is 0 Å². The van der Waals surface area contributed by atoms with E-state index in [0.29, 0.717) is 12.5 Å². The minimum absolute atomic E-state index is 0.0184. The van der Waals surface area contributed by atoms with Crippen LogP contribution in [0.25, 0.3) is 0 Å². The molecule has 4 heterocycles.